The van der Waals surface area contributed by atoms with E-state index in [1.165, 1.54) is 11.3 Å². The monoisotopic (exact) mass is 342 g/mol. The normalized spacial score (nSPS) is 10.6. The number of rotatable bonds is 3. The number of carbonyl (C=O) groups excluding carboxylic acids is 1. The van der Waals surface area contributed by atoms with Crippen molar-refractivity contribution in [2.24, 2.45) is 0 Å². The molecule has 1 heterocycles. The van der Waals surface area contributed by atoms with Crippen LogP contribution < -0.4 is 4.90 Å². The number of nitrogens with zero attached hydrogens (tertiary/aromatic N) is 2. The number of anilines is 1. The van der Waals surface area contributed by atoms with Gasteiger partial charge in [-0.05, 0) is 31.2 Å². The van der Waals surface area contributed by atoms with Gasteiger partial charge in [0, 0.05) is 23.3 Å². The molecule has 0 spiro atoms. The van der Waals surface area contributed by atoms with Gasteiger partial charge in [-0.3, -0.25) is 4.79 Å². The zero-order valence-corrected chi connectivity index (χ0v) is 14.4. The van der Waals surface area contributed by atoms with E-state index in [9.17, 15) is 4.79 Å². The molecule has 0 radical (unpaired) electrons. The van der Waals surface area contributed by atoms with Crippen LogP contribution in [0.1, 0.15) is 15.4 Å². The van der Waals surface area contributed by atoms with Crippen LogP contribution in [0.2, 0.25) is 5.02 Å². The van der Waals surface area contributed by atoms with Gasteiger partial charge in [0.1, 0.15) is 9.88 Å². The summed E-state index contributed by atoms with van der Waals surface area (Å²) in [7, 11) is 1.78. The number of amides is 1. The van der Waals surface area contributed by atoms with Gasteiger partial charge in [0.25, 0.3) is 5.91 Å². The second-order valence-corrected chi connectivity index (χ2v) is 6.58. The van der Waals surface area contributed by atoms with Crippen molar-refractivity contribution in [3.05, 3.63) is 70.2 Å². The Bertz CT molecular complexity index is 828. The molecule has 0 unspecified atom stereocenters. The quantitative estimate of drug-likeness (QED) is 0.667. The summed E-state index contributed by atoms with van der Waals surface area (Å²) in [6.45, 7) is 1.86. The first-order valence-electron chi connectivity index (χ1n) is 7.13. The smallest absolute Gasteiger partial charge is 0.270 e. The molecular formula is C18H15ClN2OS. The van der Waals surface area contributed by atoms with Crippen molar-refractivity contribution in [1.29, 1.82) is 0 Å². The van der Waals surface area contributed by atoms with Gasteiger partial charge >= 0.3 is 0 Å². The molecule has 0 fully saturated rings. The Kier molecular flexibility index (Phi) is 4.46. The lowest BCUT2D eigenvalue weighted by Gasteiger charge is -2.16. The Balaban J connectivity index is 1.91. The third kappa shape index (κ3) is 3.28. The van der Waals surface area contributed by atoms with Gasteiger partial charge in [-0.15, -0.1) is 11.3 Å². The number of hydrogen-bond acceptors (Lipinski definition) is 3. The third-order valence-corrected chi connectivity index (χ3v) is 4.98. The van der Waals surface area contributed by atoms with Crippen molar-refractivity contribution in [1.82, 2.24) is 4.98 Å². The van der Waals surface area contributed by atoms with Crippen LogP contribution in [0.3, 0.4) is 0 Å². The Labute approximate surface area is 144 Å². The summed E-state index contributed by atoms with van der Waals surface area (Å²) in [4.78, 5) is 19.6. The summed E-state index contributed by atoms with van der Waals surface area (Å²) in [6, 6.07) is 17.1. The maximum absolute atomic E-state index is 12.7. The molecule has 1 amide bonds. The van der Waals surface area contributed by atoms with Crippen molar-refractivity contribution < 1.29 is 4.79 Å². The van der Waals surface area contributed by atoms with Crippen molar-refractivity contribution in [2.45, 2.75) is 6.92 Å². The van der Waals surface area contributed by atoms with E-state index in [1.54, 1.807) is 11.9 Å². The lowest BCUT2D eigenvalue weighted by atomic mass is 10.2. The van der Waals surface area contributed by atoms with Crippen molar-refractivity contribution in [2.75, 3.05) is 11.9 Å². The molecule has 3 aromatic rings. The van der Waals surface area contributed by atoms with E-state index in [1.807, 2.05) is 61.5 Å². The lowest BCUT2D eigenvalue weighted by molar-refractivity contribution is 0.0996. The first-order chi connectivity index (χ1) is 11.1. The Morgan fingerprint density at radius 1 is 1.09 bits per heavy atom. The van der Waals surface area contributed by atoms with Gasteiger partial charge in [0.15, 0.2) is 0 Å². The van der Waals surface area contributed by atoms with Crippen molar-refractivity contribution >= 4 is 34.5 Å². The molecule has 0 aliphatic rings. The van der Waals surface area contributed by atoms with Gasteiger partial charge in [-0.25, -0.2) is 4.98 Å². The molecule has 0 saturated carbocycles. The summed E-state index contributed by atoms with van der Waals surface area (Å²) in [6.07, 6.45) is 0. The molecule has 0 aliphatic heterocycles. The van der Waals surface area contributed by atoms with Crippen LogP contribution in [-0.4, -0.2) is 17.9 Å². The van der Waals surface area contributed by atoms with E-state index in [4.69, 9.17) is 11.6 Å². The maximum atomic E-state index is 12.7. The molecule has 23 heavy (non-hydrogen) atoms. The molecule has 0 atom stereocenters. The van der Waals surface area contributed by atoms with E-state index in [-0.39, 0.29) is 5.91 Å². The van der Waals surface area contributed by atoms with E-state index >= 15 is 0 Å². The van der Waals surface area contributed by atoms with Gasteiger partial charge in [0.2, 0.25) is 0 Å². The van der Waals surface area contributed by atoms with Crippen LogP contribution in [0.25, 0.3) is 10.6 Å². The molecule has 116 valence electrons. The van der Waals surface area contributed by atoms with E-state index < -0.39 is 0 Å². The van der Waals surface area contributed by atoms with E-state index in [2.05, 4.69) is 4.98 Å². The van der Waals surface area contributed by atoms with Gasteiger partial charge in [0.05, 0.1) is 5.69 Å². The molecular weight excluding hydrogens is 328 g/mol. The SMILES string of the molecule is Cc1nc(-c2ccc(Cl)cc2)sc1C(=O)N(C)c1ccccc1. The van der Waals surface area contributed by atoms with Crippen LogP contribution in [0, 0.1) is 6.92 Å². The van der Waals surface area contributed by atoms with E-state index in [0.717, 1.165) is 22.0 Å². The second kappa shape index (κ2) is 6.52. The largest absolute Gasteiger partial charge is 0.311 e. The minimum absolute atomic E-state index is 0.0496. The lowest BCUT2D eigenvalue weighted by Crippen LogP contribution is -2.25. The second-order valence-electron chi connectivity index (χ2n) is 5.14. The number of benzene rings is 2. The Morgan fingerprint density at radius 2 is 1.74 bits per heavy atom. The molecule has 0 aliphatic carbocycles. The third-order valence-electron chi connectivity index (χ3n) is 3.53. The molecule has 0 N–H and O–H groups in total. The summed E-state index contributed by atoms with van der Waals surface area (Å²) < 4.78 is 0. The first kappa shape index (κ1) is 15.7. The molecule has 1 aromatic heterocycles. The molecule has 0 bridgehead atoms. The van der Waals surface area contributed by atoms with Crippen LogP contribution in [0.15, 0.2) is 54.6 Å². The fourth-order valence-electron chi connectivity index (χ4n) is 2.23. The Morgan fingerprint density at radius 3 is 2.39 bits per heavy atom. The van der Waals surface area contributed by atoms with Crippen LogP contribution in [0.5, 0.6) is 0 Å². The highest BCUT2D eigenvalue weighted by molar-refractivity contribution is 7.17. The minimum Gasteiger partial charge on any atom is -0.311 e. The topological polar surface area (TPSA) is 33.2 Å². The average molecular weight is 343 g/mol. The summed E-state index contributed by atoms with van der Waals surface area (Å²) in [5.41, 5.74) is 2.56. The number of para-hydroxylation sites is 1. The predicted molar refractivity (Wildman–Crippen MR) is 96.5 cm³/mol. The zero-order valence-electron chi connectivity index (χ0n) is 12.8. The van der Waals surface area contributed by atoms with Crippen LogP contribution in [-0.2, 0) is 0 Å². The number of aryl methyl sites for hydroxylation is 1. The van der Waals surface area contributed by atoms with Gasteiger partial charge in [-0.2, -0.15) is 0 Å². The van der Waals surface area contributed by atoms with E-state index in [0.29, 0.717) is 9.90 Å². The standard InChI is InChI=1S/C18H15ClN2OS/c1-12-16(18(22)21(2)15-6-4-3-5-7-15)23-17(20-12)13-8-10-14(19)11-9-13/h3-11H,1-2H3. The highest BCUT2D eigenvalue weighted by Crippen LogP contribution is 2.30. The fraction of sp³-hybridized carbons (Fsp3) is 0.111. The predicted octanol–water partition coefficient (Wildman–Crippen LogP) is 5.05. The number of aromatic nitrogens is 1. The van der Waals surface area contributed by atoms with Crippen molar-refractivity contribution in [3.63, 3.8) is 0 Å². The highest BCUT2D eigenvalue weighted by Gasteiger charge is 2.20. The average Bonchev–Trinajstić information content (AvgIpc) is 2.96. The number of carbonyl (C=O) groups is 1. The summed E-state index contributed by atoms with van der Waals surface area (Å²) >= 11 is 7.32. The first-order valence-corrected chi connectivity index (χ1v) is 8.32. The van der Waals surface area contributed by atoms with Crippen molar-refractivity contribution in [3.8, 4) is 10.6 Å². The minimum atomic E-state index is -0.0496. The fourth-order valence-corrected chi connectivity index (χ4v) is 3.41. The number of thiazole rings is 1. The maximum Gasteiger partial charge on any atom is 0.270 e. The summed E-state index contributed by atoms with van der Waals surface area (Å²) in [5.74, 6) is -0.0496. The molecule has 2 aromatic carbocycles. The van der Waals surface area contributed by atoms with Crippen LogP contribution >= 0.6 is 22.9 Å². The Hall–Kier alpha value is -2.17. The number of halogens is 1. The molecule has 5 heteroatoms. The highest BCUT2D eigenvalue weighted by atomic mass is 35.5. The van der Waals surface area contributed by atoms with Gasteiger partial charge in [-0.1, -0.05) is 41.9 Å². The zero-order chi connectivity index (χ0) is 16.4. The molecule has 0 saturated heterocycles. The molecule has 3 rings (SSSR count). The number of hydrogen-bond donors (Lipinski definition) is 0. The summed E-state index contributed by atoms with van der Waals surface area (Å²) in [5, 5.41) is 1.51. The molecule has 3 nitrogen and oxygen atoms in total. The van der Waals surface area contributed by atoms with Gasteiger partial charge < -0.3 is 4.90 Å². The van der Waals surface area contributed by atoms with Crippen LogP contribution in [0.4, 0.5) is 5.69 Å².